The van der Waals surface area contributed by atoms with Gasteiger partial charge in [-0.25, -0.2) is 17.9 Å². The largest absolute Gasteiger partial charge is 0.478 e. The fourth-order valence-corrected chi connectivity index (χ4v) is 3.02. The Morgan fingerprint density at radius 2 is 2.05 bits per heavy atom. The highest BCUT2D eigenvalue weighted by molar-refractivity contribution is 7.89. The van der Waals surface area contributed by atoms with Crippen LogP contribution in [0.5, 0.6) is 0 Å². The number of carboxylic acids is 1. The predicted molar refractivity (Wildman–Crippen MR) is 74.4 cm³/mol. The van der Waals surface area contributed by atoms with Gasteiger partial charge in [-0.15, -0.1) is 0 Å². The van der Waals surface area contributed by atoms with Gasteiger partial charge in [-0.2, -0.15) is 0 Å². The molecule has 0 unspecified atom stereocenters. The van der Waals surface area contributed by atoms with Crippen LogP contribution in [-0.4, -0.2) is 39.8 Å². The number of rotatable bonds is 8. The number of hydrogen-bond donors (Lipinski definition) is 2. The Hall–Kier alpha value is -1.44. The van der Waals surface area contributed by atoms with Crippen LogP contribution >= 0.6 is 0 Å². The quantitative estimate of drug-likeness (QED) is 0.708. The molecule has 0 fully saturated rings. The van der Waals surface area contributed by atoms with E-state index in [9.17, 15) is 13.2 Å². The highest BCUT2D eigenvalue weighted by Crippen LogP contribution is 2.17. The average Bonchev–Trinajstić information content (AvgIpc) is 2.38. The summed E-state index contributed by atoms with van der Waals surface area (Å²) in [4.78, 5) is 10.9. The predicted octanol–water partition coefficient (Wildman–Crippen LogP) is 1.40. The zero-order chi connectivity index (χ0) is 15.2. The third kappa shape index (κ3) is 4.59. The topological polar surface area (TPSA) is 92.7 Å². The maximum atomic E-state index is 12.1. The first kappa shape index (κ1) is 16.6. The van der Waals surface area contributed by atoms with Crippen molar-refractivity contribution in [2.75, 3.05) is 20.3 Å². The molecule has 1 aromatic carbocycles. The molecule has 0 spiro atoms. The van der Waals surface area contributed by atoms with Crippen molar-refractivity contribution in [3.8, 4) is 0 Å². The molecular formula is C13H19NO5S. The van der Waals surface area contributed by atoms with Gasteiger partial charge in [-0.3, -0.25) is 0 Å². The minimum Gasteiger partial charge on any atom is -0.478 e. The SMILES string of the molecule is COCCCCNS(=O)(=O)c1cc(C(=O)O)ccc1C. The second kappa shape index (κ2) is 7.37. The number of methoxy groups -OCH3 is 1. The van der Waals surface area contributed by atoms with Crippen LogP contribution in [0.15, 0.2) is 23.1 Å². The highest BCUT2D eigenvalue weighted by atomic mass is 32.2. The standard InChI is InChI=1S/C13H19NO5S/c1-10-5-6-11(13(15)16)9-12(10)20(17,18)14-7-3-4-8-19-2/h5-6,9,14H,3-4,7-8H2,1-2H3,(H,15,16). The van der Waals surface area contributed by atoms with Gasteiger partial charge in [-0.05, 0) is 37.5 Å². The summed E-state index contributed by atoms with van der Waals surface area (Å²) in [7, 11) is -2.10. The van der Waals surface area contributed by atoms with Crippen LogP contribution in [0, 0.1) is 6.92 Å². The number of carboxylic acid groups (broad SMARTS) is 1. The van der Waals surface area contributed by atoms with Crippen LogP contribution in [0.3, 0.4) is 0 Å². The zero-order valence-electron chi connectivity index (χ0n) is 11.5. The number of hydrogen-bond acceptors (Lipinski definition) is 4. The van der Waals surface area contributed by atoms with Gasteiger partial charge in [-0.1, -0.05) is 6.07 Å². The van der Waals surface area contributed by atoms with E-state index in [-0.39, 0.29) is 10.5 Å². The number of ether oxygens (including phenoxy) is 1. The molecule has 1 rings (SSSR count). The summed E-state index contributed by atoms with van der Waals surface area (Å²) < 4.78 is 31.6. The van der Waals surface area contributed by atoms with E-state index in [4.69, 9.17) is 9.84 Å². The van der Waals surface area contributed by atoms with Gasteiger partial charge >= 0.3 is 5.97 Å². The number of unbranched alkanes of at least 4 members (excludes halogenated alkanes) is 1. The van der Waals surface area contributed by atoms with E-state index < -0.39 is 16.0 Å². The minimum absolute atomic E-state index is 0.00383. The molecule has 0 amide bonds. The van der Waals surface area contributed by atoms with Crippen molar-refractivity contribution in [1.82, 2.24) is 4.72 Å². The van der Waals surface area contributed by atoms with Gasteiger partial charge in [0.15, 0.2) is 0 Å². The maximum Gasteiger partial charge on any atom is 0.335 e. The van der Waals surface area contributed by atoms with Crippen LogP contribution < -0.4 is 4.72 Å². The molecule has 0 saturated carbocycles. The molecule has 1 aromatic rings. The summed E-state index contributed by atoms with van der Waals surface area (Å²) >= 11 is 0. The number of sulfonamides is 1. The molecule has 112 valence electrons. The lowest BCUT2D eigenvalue weighted by molar-refractivity contribution is 0.0696. The Labute approximate surface area is 118 Å². The maximum absolute atomic E-state index is 12.1. The van der Waals surface area contributed by atoms with Gasteiger partial charge in [0.1, 0.15) is 0 Å². The van der Waals surface area contributed by atoms with Crippen molar-refractivity contribution in [3.63, 3.8) is 0 Å². The smallest absolute Gasteiger partial charge is 0.335 e. The normalized spacial score (nSPS) is 11.5. The third-order valence-electron chi connectivity index (χ3n) is 2.79. The van der Waals surface area contributed by atoms with Crippen molar-refractivity contribution in [2.24, 2.45) is 0 Å². The molecule has 7 heteroatoms. The minimum atomic E-state index is -3.69. The van der Waals surface area contributed by atoms with Crippen LogP contribution in [0.25, 0.3) is 0 Å². The number of aryl methyl sites for hydroxylation is 1. The lowest BCUT2D eigenvalue weighted by Crippen LogP contribution is -2.26. The van der Waals surface area contributed by atoms with Crippen molar-refractivity contribution in [2.45, 2.75) is 24.7 Å². The van der Waals surface area contributed by atoms with E-state index >= 15 is 0 Å². The van der Waals surface area contributed by atoms with Crippen LogP contribution in [-0.2, 0) is 14.8 Å². The van der Waals surface area contributed by atoms with Crippen LogP contribution in [0.4, 0.5) is 0 Å². The number of benzene rings is 1. The lowest BCUT2D eigenvalue weighted by atomic mass is 10.1. The molecule has 0 bridgehead atoms. The lowest BCUT2D eigenvalue weighted by Gasteiger charge is -2.10. The van der Waals surface area contributed by atoms with Gasteiger partial charge in [0.2, 0.25) is 10.0 Å². The van der Waals surface area contributed by atoms with Crippen molar-refractivity contribution >= 4 is 16.0 Å². The van der Waals surface area contributed by atoms with E-state index in [1.807, 2.05) is 0 Å². The Kier molecular flexibility index (Phi) is 6.12. The molecular weight excluding hydrogens is 282 g/mol. The summed E-state index contributed by atoms with van der Waals surface area (Å²) in [6, 6.07) is 4.05. The molecule has 0 aliphatic carbocycles. The fraction of sp³-hybridized carbons (Fsp3) is 0.462. The number of nitrogens with one attached hydrogen (secondary N) is 1. The van der Waals surface area contributed by atoms with Gasteiger partial charge in [0.05, 0.1) is 10.5 Å². The molecule has 0 radical (unpaired) electrons. The molecule has 6 nitrogen and oxygen atoms in total. The molecule has 0 aliphatic heterocycles. The second-order valence-electron chi connectivity index (χ2n) is 4.38. The monoisotopic (exact) mass is 301 g/mol. The van der Waals surface area contributed by atoms with E-state index in [2.05, 4.69) is 4.72 Å². The van der Waals surface area contributed by atoms with Gasteiger partial charge in [0, 0.05) is 20.3 Å². The van der Waals surface area contributed by atoms with Gasteiger partial charge < -0.3 is 9.84 Å². The van der Waals surface area contributed by atoms with Gasteiger partial charge in [0.25, 0.3) is 0 Å². The van der Waals surface area contributed by atoms with Crippen molar-refractivity contribution in [3.05, 3.63) is 29.3 Å². The third-order valence-corrected chi connectivity index (χ3v) is 4.39. The Morgan fingerprint density at radius 1 is 1.35 bits per heavy atom. The Morgan fingerprint density at radius 3 is 2.65 bits per heavy atom. The average molecular weight is 301 g/mol. The highest BCUT2D eigenvalue weighted by Gasteiger charge is 2.18. The molecule has 0 heterocycles. The fourth-order valence-electron chi connectivity index (χ4n) is 1.68. The molecule has 0 aromatic heterocycles. The van der Waals surface area contributed by atoms with Crippen LogP contribution in [0.1, 0.15) is 28.8 Å². The first-order chi connectivity index (χ1) is 9.38. The Balaban J connectivity index is 2.81. The summed E-state index contributed by atoms with van der Waals surface area (Å²) in [5.74, 6) is -1.15. The van der Waals surface area contributed by atoms with Crippen molar-refractivity contribution < 1.29 is 23.1 Å². The molecule has 2 N–H and O–H groups in total. The first-order valence-corrected chi connectivity index (χ1v) is 7.69. The van der Waals surface area contributed by atoms with E-state index in [1.165, 1.54) is 18.2 Å². The molecule has 0 aliphatic rings. The van der Waals surface area contributed by atoms with E-state index in [0.29, 0.717) is 25.1 Å². The second-order valence-corrected chi connectivity index (χ2v) is 6.12. The summed E-state index contributed by atoms with van der Waals surface area (Å²) in [5.41, 5.74) is 0.467. The number of aromatic carboxylic acids is 1. The molecule has 20 heavy (non-hydrogen) atoms. The van der Waals surface area contributed by atoms with Crippen molar-refractivity contribution in [1.29, 1.82) is 0 Å². The molecule has 0 saturated heterocycles. The Bertz CT molecular complexity index is 568. The number of carbonyl (C=O) groups is 1. The van der Waals surface area contributed by atoms with E-state index in [0.717, 1.165) is 6.42 Å². The summed E-state index contributed by atoms with van der Waals surface area (Å²) in [6.45, 7) is 2.50. The summed E-state index contributed by atoms with van der Waals surface area (Å²) in [5, 5.41) is 8.91. The van der Waals surface area contributed by atoms with E-state index in [1.54, 1.807) is 14.0 Å². The summed E-state index contributed by atoms with van der Waals surface area (Å²) in [6.07, 6.45) is 1.41. The van der Waals surface area contributed by atoms with Crippen LogP contribution in [0.2, 0.25) is 0 Å². The zero-order valence-corrected chi connectivity index (χ0v) is 12.4. The molecule has 0 atom stereocenters. The first-order valence-electron chi connectivity index (χ1n) is 6.21.